The Morgan fingerprint density at radius 3 is 2.34 bits per heavy atom. The normalized spacial score (nSPS) is 10.8. The van der Waals surface area contributed by atoms with Gasteiger partial charge in [-0.15, -0.1) is 0 Å². The molecule has 0 unspecified atom stereocenters. The van der Waals surface area contributed by atoms with Gasteiger partial charge in [0.2, 0.25) is 10.9 Å². The number of hydrazone groups is 1. The maximum absolute atomic E-state index is 13.5. The molecule has 0 fully saturated rings. The molecule has 0 spiro atoms. The molecule has 3 aromatic carbocycles. The van der Waals surface area contributed by atoms with Gasteiger partial charge < -0.3 is 14.2 Å². The fraction of sp³-hybridized carbons (Fsp3) is 0.120. The van der Waals surface area contributed by atoms with E-state index in [-0.39, 0.29) is 0 Å². The molecule has 0 N–H and O–H groups in total. The second-order valence-corrected chi connectivity index (χ2v) is 9.04. The fourth-order valence-corrected chi connectivity index (χ4v) is 4.75. The summed E-state index contributed by atoms with van der Waals surface area (Å²) in [6.45, 7) is 0. The lowest BCUT2D eigenvalue weighted by Gasteiger charge is -2.15. The first-order chi connectivity index (χ1) is 17.0. The van der Waals surface area contributed by atoms with E-state index in [2.05, 4.69) is 32.1 Å². The van der Waals surface area contributed by atoms with E-state index in [9.17, 15) is 4.79 Å². The zero-order valence-electron chi connectivity index (χ0n) is 19.0. The van der Waals surface area contributed by atoms with Crippen LogP contribution in [0, 0.1) is 11.3 Å². The number of rotatable bonds is 7. The van der Waals surface area contributed by atoms with Crippen molar-refractivity contribution in [2.24, 2.45) is 5.10 Å². The predicted molar refractivity (Wildman–Crippen MR) is 139 cm³/mol. The molecule has 0 aliphatic heterocycles. The number of methoxy groups -OCH3 is 3. The third-order valence-electron chi connectivity index (χ3n) is 4.98. The molecule has 0 aliphatic carbocycles. The lowest BCUT2D eigenvalue weighted by molar-refractivity contribution is 0.0988. The number of nitriles is 1. The summed E-state index contributed by atoms with van der Waals surface area (Å²) >= 11 is 4.80. The van der Waals surface area contributed by atoms with Crippen molar-refractivity contribution in [2.45, 2.75) is 0 Å². The number of amides is 1. The zero-order valence-corrected chi connectivity index (χ0v) is 21.4. The Bertz CT molecular complexity index is 1440. The van der Waals surface area contributed by atoms with Crippen molar-refractivity contribution in [1.29, 1.82) is 5.26 Å². The third-order valence-corrected chi connectivity index (χ3v) is 6.47. The number of ether oxygens (including phenoxy) is 3. The summed E-state index contributed by atoms with van der Waals surface area (Å²) < 4.78 is 18.0. The minimum absolute atomic E-state index is 0.367. The minimum atomic E-state index is -0.392. The Kier molecular flexibility index (Phi) is 7.29. The van der Waals surface area contributed by atoms with Gasteiger partial charge in [-0.05, 0) is 54.6 Å². The highest BCUT2D eigenvalue weighted by molar-refractivity contribution is 9.10. The average molecular weight is 551 g/mol. The number of hydrogen-bond donors (Lipinski definition) is 0. The summed E-state index contributed by atoms with van der Waals surface area (Å²) in [6.07, 6.45) is 1.52. The molecule has 1 aromatic heterocycles. The van der Waals surface area contributed by atoms with Gasteiger partial charge in [-0.3, -0.25) is 4.79 Å². The smallest absolute Gasteiger partial charge is 0.280 e. The first kappa shape index (κ1) is 24.2. The van der Waals surface area contributed by atoms with Crippen LogP contribution in [0.4, 0.5) is 5.13 Å². The first-order valence-corrected chi connectivity index (χ1v) is 11.8. The van der Waals surface area contributed by atoms with Gasteiger partial charge in [0.05, 0.1) is 49.4 Å². The molecule has 35 heavy (non-hydrogen) atoms. The lowest BCUT2D eigenvalue weighted by atomic mass is 10.1. The van der Waals surface area contributed by atoms with Crippen molar-refractivity contribution in [3.8, 4) is 23.3 Å². The van der Waals surface area contributed by atoms with Gasteiger partial charge in [0.15, 0.2) is 11.5 Å². The Balaban J connectivity index is 1.78. The van der Waals surface area contributed by atoms with Crippen molar-refractivity contribution >= 4 is 54.7 Å². The maximum atomic E-state index is 13.5. The van der Waals surface area contributed by atoms with Gasteiger partial charge in [-0.2, -0.15) is 15.4 Å². The van der Waals surface area contributed by atoms with Gasteiger partial charge in [0.25, 0.3) is 5.91 Å². The quantitative estimate of drug-likeness (QED) is 0.218. The van der Waals surface area contributed by atoms with E-state index in [1.165, 1.54) is 43.9 Å². The van der Waals surface area contributed by atoms with E-state index >= 15 is 0 Å². The Hall–Kier alpha value is -3.94. The van der Waals surface area contributed by atoms with Crippen molar-refractivity contribution in [3.05, 3.63) is 75.8 Å². The number of nitrogens with zero attached hydrogens (tertiary/aromatic N) is 4. The van der Waals surface area contributed by atoms with E-state index < -0.39 is 5.91 Å². The molecule has 1 amide bonds. The molecule has 4 aromatic rings. The highest BCUT2D eigenvalue weighted by Crippen LogP contribution is 2.38. The Labute approximate surface area is 214 Å². The van der Waals surface area contributed by atoms with Crippen LogP contribution in [-0.4, -0.2) is 38.4 Å². The van der Waals surface area contributed by atoms with Crippen LogP contribution in [0.1, 0.15) is 21.5 Å². The first-order valence-electron chi connectivity index (χ1n) is 10.2. The van der Waals surface area contributed by atoms with Crippen molar-refractivity contribution in [1.82, 2.24) is 4.98 Å². The molecule has 176 valence electrons. The Morgan fingerprint density at radius 2 is 1.74 bits per heavy atom. The van der Waals surface area contributed by atoms with Crippen LogP contribution in [0.15, 0.2) is 64.2 Å². The molecular weight excluding hydrogens is 532 g/mol. The SMILES string of the molecule is COc1cc(/C=N/N(C(=O)c2ccc(C#N)cc2)c2nc3ccc(Br)cc3s2)cc(OC)c1OC. The summed E-state index contributed by atoms with van der Waals surface area (Å²) in [7, 11) is 4.58. The number of carbonyl (C=O) groups excluding carboxylic acids is 1. The minimum Gasteiger partial charge on any atom is -0.493 e. The number of carbonyl (C=O) groups is 1. The predicted octanol–water partition coefficient (Wildman–Crippen LogP) is 5.64. The maximum Gasteiger partial charge on any atom is 0.280 e. The summed E-state index contributed by atoms with van der Waals surface area (Å²) in [5.41, 5.74) is 2.19. The summed E-state index contributed by atoms with van der Waals surface area (Å²) in [5, 5.41) is 15.2. The standard InChI is InChI=1S/C25H19BrN4O4S/c1-32-20-10-16(11-21(33-2)23(20)34-3)14-28-30(24(31)17-6-4-15(13-27)5-7-17)25-29-19-9-8-18(26)12-22(19)35-25/h4-12,14H,1-3H3/b28-14+. The topological polar surface area (TPSA) is 97.0 Å². The summed E-state index contributed by atoms with van der Waals surface area (Å²) in [5.74, 6) is 0.983. The molecule has 8 nitrogen and oxygen atoms in total. The lowest BCUT2D eigenvalue weighted by Crippen LogP contribution is -2.25. The fourth-order valence-electron chi connectivity index (χ4n) is 3.28. The van der Waals surface area contributed by atoms with Gasteiger partial charge in [0, 0.05) is 15.6 Å². The van der Waals surface area contributed by atoms with Gasteiger partial charge >= 0.3 is 0 Å². The highest BCUT2D eigenvalue weighted by atomic mass is 79.9. The molecule has 0 aliphatic rings. The summed E-state index contributed by atoms with van der Waals surface area (Å²) in [4.78, 5) is 18.1. The van der Waals surface area contributed by atoms with Crippen molar-refractivity contribution < 1.29 is 19.0 Å². The molecule has 0 bridgehead atoms. The number of thiazole rings is 1. The molecule has 0 atom stereocenters. The largest absolute Gasteiger partial charge is 0.493 e. The van der Waals surface area contributed by atoms with E-state index in [1.54, 1.807) is 36.4 Å². The second-order valence-electron chi connectivity index (χ2n) is 7.12. The number of hydrogen-bond acceptors (Lipinski definition) is 8. The molecular formula is C25H19BrN4O4S. The van der Waals surface area contributed by atoms with Crippen molar-refractivity contribution in [3.63, 3.8) is 0 Å². The van der Waals surface area contributed by atoms with Crippen LogP contribution < -0.4 is 19.2 Å². The van der Waals surface area contributed by atoms with Crippen LogP contribution in [0.3, 0.4) is 0 Å². The average Bonchev–Trinajstić information content (AvgIpc) is 3.30. The third kappa shape index (κ3) is 5.11. The van der Waals surface area contributed by atoms with Crippen LogP contribution in [-0.2, 0) is 0 Å². The number of fused-ring (bicyclic) bond motifs is 1. The summed E-state index contributed by atoms with van der Waals surface area (Å²) in [6, 6.07) is 17.5. The van der Waals surface area contributed by atoms with Crippen LogP contribution >= 0.6 is 27.3 Å². The molecule has 0 saturated carbocycles. The molecule has 0 saturated heterocycles. The molecule has 0 radical (unpaired) electrons. The van der Waals surface area contributed by atoms with E-state index in [1.807, 2.05) is 18.2 Å². The van der Waals surface area contributed by atoms with Crippen LogP contribution in [0.25, 0.3) is 10.2 Å². The van der Waals surface area contributed by atoms with E-state index in [0.717, 1.165) is 14.7 Å². The number of halogens is 1. The highest BCUT2D eigenvalue weighted by Gasteiger charge is 2.21. The van der Waals surface area contributed by atoms with Crippen LogP contribution in [0.5, 0.6) is 17.2 Å². The van der Waals surface area contributed by atoms with E-state index in [0.29, 0.717) is 39.1 Å². The van der Waals surface area contributed by atoms with Gasteiger partial charge in [-0.1, -0.05) is 27.3 Å². The molecule has 10 heteroatoms. The Morgan fingerprint density at radius 1 is 1.06 bits per heavy atom. The second kappa shape index (κ2) is 10.5. The van der Waals surface area contributed by atoms with Gasteiger partial charge in [-0.25, -0.2) is 4.98 Å². The number of aromatic nitrogens is 1. The molecule has 4 rings (SSSR count). The zero-order chi connectivity index (χ0) is 24.9. The van der Waals surface area contributed by atoms with Gasteiger partial charge in [0.1, 0.15) is 0 Å². The number of benzene rings is 3. The molecule has 1 heterocycles. The van der Waals surface area contributed by atoms with E-state index in [4.69, 9.17) is 19.5 Å². The monoisotopic (exact) mass is 550 g/mol. The van der Waals surface area contributed by atoms with Crippen LogP contribution in [0.2, 0.25) is 0 Å². The van der Waals surface area contributed by atoms with Crippen molar-refractivity contribution in [2.75, 3.05) is 26.3 Å². The number of anilines is 1.